The van der Waals surface area contributed by atoms with Gasteiger partial charge in [-0.25, -0.2) is 4.79 Å². The Hall–Kier alpha value is -1.65. The van der Waals surface area contributed by atoms with Crippen LogP contribution in [0.4, 0.5) is 0 Å². The van der Waals surface area contributed by atoms with E-state index in [0.717, 1.165) is 44.9 Å². The summed E-state index contributed by atoms with van der Waals surface area (Å²) in [5.41, 5.74) is 0.991. The zero-order valence-corrected chi connectivity index (χ0v) is 28.2. The first-order chi connectivity index (χ1) is 19.5. The molecule has 0 saturated heterocycles. The number of ketones is 1. The zero-order chi connectivity index (χ0) is 31.0. The van der Waals surface area contributed by atoms with Gasteiger partial charge in [0.15, 0.2) is 0 Å². The Kier molecular flexibility index (Phi) is 7.92. The molecule has 5 aliphatic rings. The van der Waals surface area contributed by atoms with Crippen molar-refractivity contribution in [1.82, 2.24) is 5.32 Å². The highest BCUT2D eigenvalue weighted by atomic mass is 16.5. The molecule has 0 heterocycles. The molecule has 5 fully saturated rings. The van der Waals surface area contributed by atoms with E-state index in [1.807, 2.05) is 0 Å². The molecule has 1 N–H and O–H groups in total. The van der Waals surface area contributed by atoms with Gasteiger partial charge in [-0.1, -0.05) is 60.6 Å². The van der Waals surface area contributed by atoms with E-state index >= 15 is 0 Å². The van der Waals surface area contributed by atoms with E-state index < -0.39 is 11.5 Å². The maximum absolute atomic E-state index is 14.5. The molecule has 5 aliphatic carbocycles. The number of hydrogen-bond donors (Lipinski definition) is 1. The Bertz CT molecular complexity index is 1140. The third-order valence-corrected chi connectivity index (χ3v) is 14.8. The fourth-order valence-corrected chi connectivity index (χ4v) is 12.5. The van der Waals surface area contributed by atoms with Gasteiger partial charge in [-0.05, 0) is 123 Å². The van der Waals surface area contributed by atoms with E-state index in [1.54, 1.807) is 0 Å². The number of Topliss-reactive ketones (excluding diaryl/α,β-unsaturated/α-hetero) is 1. The van der Waals surface area contributed by atoms with Gasteiger partial charge in [0.1, 0.15) is 11.8 Å². The number of amides is 1. The largest absolute Gasteiger partial charge is 0.467 e. The third kappa shape index (κ3) is 4.31. The zero-order valence-electron chi connectivity index (χ0n) is 28.2. The molecule has 0 aromatic heterocycles. The van der Waals surface area contributed by atoms with Crippen LogP contribution in [0.15, 0.2) is 12.2 Å². The fraction of sp³-hybridized carbons (Fsp3) is 0.865. The number of esters is 1. The molecule has 236 valence electrons. The minimum atomic E-state index is -0.601. The van der Waals surface area contributed by atoms with Crippen LogP contribution in [0, 0.1) is 62.6 Å². The average Bonchev–Trinajstić information content (AvgIpc) is 3.32. The summed E-state index contributed by atoms with van der Waals surface area (Å²) < 4.78 is 5.13. The molecule has 42 heavy (non-hydrogen) atoms. The molecule has 5 saturated carbocycles. The SMILES string of the molecule is C=C(C)C1CC[C@]2(C(=O)N[C@@H](CC(C)C)C(=O)OC)CC[C@@]3(C)C(CCC4[C@@]5(C)CCC(=O)C(C)(C)C5CC[C@]43C)C12. The number of carbonyl (C=O) groups is 3. The quantitative estimate of drug-likeness (QED) is 0.255. The molecule has 0 radical (unpaired) electrons. The normalized spacial score (nSPS) is 44.7. The van der Waals surface area contributed by atoms with Gasteiger partial charge in [-0.3, -0.25) is 9.59 Å². The molecule has 0 aromatic rings. The van der Waals surface area contributed by atoms with E-state index in [0.29, 0.717) is 42.3 Å². The Morgan fingerprint density at radius 1 is 0.929 bits per heavy atom. The number of methoxy groups -OCH3 is 1. The number of rotatable bonds is 6. The van der Waals surface area contributed by atoms with Crippen molar-refractivity contribution < 1.29 is 19.1 Å². The third-order valence-electron chi connectivity index (χ3n) is 14.8. The number of fused-ring (bicyclic) bond motifs is 7. The first kappa shape index (κ1) is 31.8. The van der Waals surface area contributed by atoms with Crippen molar-refractivity contribution in [3.63, 3.8) is 0 Å². The number of hydrogen-bond acceptors (Lipinski definition) is 4. The number of allylic oxidation sites excluding steroid dienone is 1. The first-order valence-electron chi connectivity index (χ1n) is 17.1. The molecule has 0 aliphatic heterocycles. The fourth-order valence-electron chi connectivity index (χ4n) is 12.5. The molecule has 5 heteroatoms. The molecular formula is C37H59NO4. The van der Waals surface area contributed by atoms with Crippen molar-refractivity contribution in [3.05, 3.63) is 12.2 Å². The maximum Gasteiger partial charge on any atom is 0.328 e. The Morgan fingerprint density at radius 3 is 2.24 bits per heavy atom. The van der Waals surface area contributed by atoms with Crippen LogP contribution in [-0.4, -0.2) is 30.8 Å². The second-order valence-corrected chi connectivity index (χ2v) is 17.2. The molecule has 0 spiro atoms. The van der Waals surface area contributed by atoms with Crippen LogP contribution >= 0.6 is 0 Å². The van der Waals surface area contributed by atoms with Gasteiger partial charge >= 0.3 is 5.97 Å². The smallest absolute Gasteiger partial charge is 0.328 e. The molecule has 5 rings (SSSR count). The van der Waals surface area contributed by atoms with Crippen molar-refractivity contribution in [1.29, 1.82) is 0 Å². The number of carbonyl (C=O) groups excluding carboxylic acids is 3. The minimum Gasteiger partial charge on any atom is -0.467 e. The van der Waals surface area contributed by atoms with Crippen LogP contribution < -0.4 is 5.32 Å². The topological polar surface area (TPSA) is 72.5 Å². The lowest BCUT2D eigenvalue weighted by molar-refractivity contribution is -0.233. The van der Waals surface area contributed by atoms with E-state index in [2.05, 4.69) is 67.3 Å². The summed E-state index contributed by atoms with van der Waals surface area (Å²) in [7, 11) is 1.42. The Morgan fingerprint density at radius 2 is 1.62 bits per heavy atom. The summed E-state index contributed by atoms with van der Waals surface area (Å²) in [4.78, 5) is 40.3. The summed E-state index contributed by atoms with van der Waals surface area (Å²) in [5.74, 6) is 2.54. The molecule has 5 unspecified atom stereocenters. The molecule has 5 nitrogen and oxygen atoms in total. The minimum absolute atomic E-state index is 0.0739. The number of ether oxygens (including phenoxy) is 1. The van der Waals surface area contributed by atoms with E-state index in [-0.39, 0.29) is 45.4 Å². The second kappa shape index (κ2) is 10.5. The van der Waals surface area contributed by atoms with Gasteiger partial charge in [0, 0.05) is 11.8 Å². The Labute approximate surface area is 255 Å². The highest BCUT2D eigenvalue weighted by molar-refractivity contribution is 5.89. The van der Waals surface area contributed by atoms with Crippen LogP contribution in [0.5, 0.6) is 0 Å². The maximum atomic E-state index is 14.5. The van der Waals surface area contributed by atoms with E-state index in [9.17, 15) is 14.4 Å². The number of nitrogens with one attached hydrogen (secondary N) is 1. The lowest BCUT2D eigenvalue weighted by atomic mass is 9.32. The first-order valence-corrected chi connectivity index (χ1v) is 17.1. The van der Waals surface area contributed by atoms with Crippen molar-refractivity contribution >= 4 is 17.7 Å². The van der Waals surface area contributed by atoms with E-state index in [4.69, 9.17) is 4.74 Å². The van der Waals surface area contributed by atoms with Crippen molar-refractivity contribution in [3.8, 4) is 0 Å². The van der Waals surface area contributed by atoms with Crippen molar-refractivity contribution in [2.24, 2.45) is 62.6 Å². The summed E-state index contributed by atoms with van der Waals surface area (Å²) in [6, 6.07) is -0.601. The summed E-state index contributed by atoms with van der Waals surface area (Å²) in [6.07, 6.45) is 10.8. The van der Waals surface area contributed by atoms with Gasteiger partial charge in [0.05, 0.1) is 12.5 Å². The summed E-state index contributed by atoms with van der Waals surface area (Å²) in [5, 5.41) is 3.25. The predicted octanol–water partition coefficient (Wildman–Crippen LogP) is 7.92. The van der Waals surface area contributed by atoms with Crippen LogP contribution in [-0.2, 0) is 19.1 Å². The second-order valence-electron chi connectivity index (χ2n) is 17.2. The van der Waals surface area contributed by atoms with Gasteiger partial charge in [0.2, 0.25) is 5.91 Å². The summed E-state index contributed by atoms with van der Waals surface area (Å²) >= 11 is 0. The Balaban J connectivity index is 1.51. The van der Waals surface area contributed by atoms with Crippen LogP contribution in [0.25, 0.3) is 0 Å². The van der Waals surface area contributed by atoms with Crippen molar-refractivity contribution in [2.75, 3.05) is 7.11 Å². The van der Waals surface area contributed by atoms with Gasteiger partial charge in [0.25, 0.3) is 0 Å². The monoisotopic (exact) mass is 581 g/mol. The molecular weight excluding hydrogens is 522 g/mol. The van der Waals surface area contributed by atoms with Gasteiger partial charge in [-0.2, -0.15) is 0 Å². The van der Waals surface area contributed by atoms with Gasteiger partial charge in [-0.15, -0.1) is 0 Å². The standard InChI is InChI=1S/C37H59NO4/c1-22(2)21-26(31(40)42-10)38-32(41)37-18-13-24(23(3)4)30(37)25-11-12-28-34(7)16-15-29(39)33(5,6)27(34)14-17-36(28,9)35(25,8)19-20-37/h22,24-28,30H,3,11-21H2,1-2,4-10H3,(H,38,41)/t24?,25?,26-,27?,28?,30?,34-,35-,36+,37-/m0/s1. The molecule has 0 bridgehead atoms. The van der Waals surface area contributed by atoms with Crippen molar-refractivity contribution in [2.45, 2.75) is 132 Å². The van der Waals surface area contributed by atoms with Gasteiger partial charge < -0.3 is 10.1 Å². The van der Waals surface area contributed by atoms with Crippen LogP contribution in [0.2, 0.25) is 0 Å². The summed E-state index contributed by atoms with van der Waals surface area (Å²) in [6.45, 7) is 23.0. The molecule has 0 aromatic carbocycles. The lowest BCUT2D eigenvalue weighted by Crippen LogP contribution is -2.67. The molecule has 10 atom stereocenters. The molecule has 1 amide bonds. The van der Waals surface area contributed by atoms with Crippen LogP contribution in [0.1, 0.15) is 126 Å². The predicted molar refractivity (Wildman–Crippen MR) is 167 cm³/mol. The van der Waals surface area contributed by atoms with E-state index in [1.165, 1.54) is 25.5 Å². The highest BCUT2D eigenvalue weighted by Crippen LogP contribution is 2.77. The average molecular weight is 582 g/mol. The lowest BCUT2D eigenvalue weighted by Gasteiger charge is -2.72. The highest BCUT2D eigenvalue weighted by Gasteiger charge is 2.72. The van der Waals surface area contributed by atoms with Crippen LogP contribution in [0.3, 0.4) is 0 Å².